The number of aromatic amines is 1. The second kappa shape index (κ2) is 9.08. The number of benzene rings is 3. The minimum absolute atomic E-state index is 0.150. The van der Waals surface area contributed by atoms with Crippen molar-refractivity contribution in [1.82, 2.24) is 10.3 Å². The summed E-state index contributed by atoms with van der Waals surface area (Å²) in [4.78, 5) is 17.1. The maximum absolute atomic E-state index is 12.3. The van der Waals surface area contributed by atoms with Crippen LogP contribution < -0.4 is 5.32 Å². The van der Waals surface area contributed by atoms with E-state index in [0.29, 0.717) is 17.1 Å². The van der Waals surface area contributed by atoms with Crippen LogP contribution in [0.3, 0.4) is 0 Å². The van der Waals surface area contributed by atoms with Crippen molar-refractivity contribution < 1.29 is 4.79 Å². The van der Waals surface area contributed by atoms with Crippen molar-refractivity contribution in [3.63, 3.8) is 0 Å². The first-order valence-corrected chi connectivity index (χ1v) is 11.3. The van der Waals surface area contributed by atoms with Gasteiger partial charge in [-0.15, -0.1) is 11.8 Å². The Bertz CT molecular complexity index is 1160. The van der Waals surface area contributed by atoms with Crippen LogP contribution in [0.4, 0.5) is 0 Å². The molecule has 1 heterocycles. The molecule has 4 aromatic rings. The average Bonchev–Trinajstić information content (AvgIpc) is 3.10. The number of nitrogens with one attached hydrogen (secondary N) is 2. The van der Waals surface area contributed by atoms with Crippen molar-refractivity contribution in [2.75, 3.05) is 12.3 Å². The van der Waals surface area contributed by atoms with Crippen LogP contribution in [0.1, 0.15) is 10.4 Å². The molecule has 3 aromatic carbocycles. The lowest BCUT2D eigenvalue weighted by molar-refractivity contribution is 0.0956. The maximum Gasteiger partial charge on any atom is 0.252 e. The Kier molecular flexibility index (Phi) is 6.28. The van der Waals surface area contributed by atoms with Gasteiger partial charge in [-0.3, -0.25) is 4.79 Å². The summed E-state index contributed by atoms with van der Waals surface area (Å²) >= 11 is 11.3. The quantitative estimate of drug-likeness (QED) is 0.234. The second-order valence-electron chi connectivity index (χ2n) is 6.47. The Morgan fingerprint density at radius 3 is 2.52 bits per heavy atom. The van der Waals surface area contributed by atoms with Crippen LogP contribution in [0.25, 0.3) is 22.2 Å². The van der Waals surface area contributed by atoms with Gasteiger partial charge in [-0.05, 0) is 35.9 Å². The molecule has 0 saturated heterocycles. The van der Waals surface area contributed by atoms with Gasteiger partial charge in [0.15, 0.2) is 0 Å². The molecule has 0 spiro atoms. The zero-order valence-electron chi connectivity index (χ0n) is 15.4. The summed E-state index contributed by atoms with van der Waals surface area (Å²) in [5, 5.41) is 4.61. The summed E-state index contributed by atoms with van der Waals surface area (Å²) in [6.07, 6.45) is 0. The van der Waals surface area contributed by atoms with E-state index >= 15 is 0 Å². The van der Waals surface area contributed by atoms with Crippen molar-refractivity contribution in [1.29, 1.82) is 0 Å². The number of thioether (sulfide) groups is 1. The molecule has 3 nitrogen and oxygen atoms in total. The third-order valence-electron chi connectivity index (χ3n) is 4.54. The molecule has 146 valence electrons. The van der Waals surface area contributed by atoms with Crippen LogP contribution in [0.2, 0.25) is 5.02 Å². The van der Waals surface area contributed by atoms with Crippen LogP contribution in [-0.2, 0) is 0 Å². The largest absolute Gasteiger partial charge is 0.354 e. The Labute approximate surface area is 187 Å². The molecule has 2 N–H and O–H groups in total. The summed E-state index contributed by atoms with van der Waals surface area (Å²) in [6.45, 7) is 0.550. The number of H-pyrrole nitrogens is 1. The standard InChI is InChI=1S/C23H18BrClN2OS/c24-16-11-9-15(10-12-16)21-22(18-6-2-4-8-20(18)27-21)29-14-13-26-23(28)17-5-1-3-7-19(17)25/h1-12,27H,13-14H2,(H,26,28). The van der Waals surface area contributed by atoms with Gasteiger partial charge >= 0.3 is 0 Å². The second-order valence-corrected chi connectivity index (χ2v) is 8.89. The molecule has 4 rings (SSSR count). The first kappa shape index (κ1) is 20.1. The number of carbonyl (C=O) groups excluding carboxylic acids is 1. The Balaban J connectivity index is 1.50. The molecule has 0 bridgehead atoms. The third-order valence-corrected chi connectivity index (χ3v) is 6.52. The van der Waals surface area contributed by atoms with Gasteiger partial charge in [0.1, 0.15) is 0 Å². The molecule has 0 aliphatic carbocycles. The first-order valence-electron chi connectivity index (χ1n) is 9.15. The highest BCUT2D eigenvalue weighted by Gasteiger charge is 2.14. The van der Waals surface area contributed by atoms with Crippen LogP contribution in [0.5, 0.6) is 0 Å². The number of hydrogen-bond donors (Lipinski definition) is 2. The lowest BCUT2D eigenvalue weighted by Gasteiger charge is -2.08. The molecule has 6 heteroatoms. The minimum Gasteiger partial charge on any atom is -0.354 e. The van der Waals surface area contributed by atoms with E-state index in [1.807, 2.05) is 36.4 Å². The fourth-order valence-corrected chi connectivity index (χ4v) is 4.69. The van der Waals surface area contributed by atoms with Gasteiger partial charge in [0.05, 0.1) is 16.3 Å². The average molecular weight is 486 g/mol. The summed E-state index contributed by atoms with van der Waals surface area (Å²) < 4.78 is 1.05. The molecular formula is C23H18BrClN2OS. The van der Waals surface area contributed by atoms with E-state index in [4.69, 9.17) is 11.6 Å². The van der Waals surface area contributed by atoms with Crippen molar-refractivity contribution in [3.05, 3.63) is 87.9 Å². The van der Waals surface area contributed by atoms with E-state index in [-0.39, 0.29) is 5.91 Å². The molecule has 0 aliphatic heterocycles. The van der Waals surface area contributed by atoms with E-state index in [2.05, 4.69) is 50.5 Å². The Morgan fingerprint density at radius 1 is 1.00 bits per heavy atom. The van der Waals surface area contributed by atoms with E-state index < -0.39 is 0 Å². The van der Waals surface area contributed by atoms with Crippen molar-refractivity contribution in [2.45, 2.75) is 4.90 Å². The number of halogens is 2. The SMILES string of the molecule is O=C(NCCSc1c(-c2ccc(Br)cc2)[nH]c2ccccc12)c1ccccc1Cl. The normalized spacial score (nSPS) is 11.0. The lowest BCUT2D eigenvalue weighted by Crippen LogP contribution is -2.25. The highest BCUT2D eigenvalue weighted by molar-refractivity contribution is 9.10. The third kappa shape index (κ3) is 4.53. The number of carbonyl (C=O) groups is 1. The van der Waals surface area contributed by atoms with Gasteiger partial charge in [-0.1, -0.05) is 70.0 Å². The molecule has 29 heavy (non-hydrogen) atoms. The van der Waals surface area contributed by atoms with E-state index in [1.54, 1.807) is 23.9 Å². The summed E-state index contributed by atoms with van der Waals surface area (Å²) in [7, 11) is 0. The monoisotopic (exact) mass is 484 g/mol. The van der Waals surface area contributed by atoms with Gasteiger partial charge in [0, 0.05) is 32.6 Å². The van der Waals surface area contributed by atoms with Gasteiger partial charge < -0.3 is 10.3 Å². The number of para-hydroxylation sites is 1. The molecule has 0 atom stereocenters. The summed E-state index contributed by atoms with van der Waals surface area (Å²) in [5.74, 6) is 0.602. The maximum atomic E-state index is 12.3. The molecule has 1 amide bonds. The smallest absolute Gasteiger partial charge is 0.252 e. The number of aromatic nitrogens is 1. The van der Waals surface area contributed by atoms with Crippen molar-refractivity contribution in [3.8, 4) is 11.3 Å². The predicted molar refractivity (Wildman–Crippen MR) is 126 cm³/mol. The molecule has 0 fully saturated rings. The number of rotatable bonds is 6. The van der Waals surface area contributed by atoms with Gasteiger partial charge in [0.25, 0.3) is 5.91 Å². The Morgan fingerprint density at radius 2 is 1.72 bits per heavy atom. The molecule has 0 aliphatic rings. The van der Waals surface area contributed by atoms with Crippen LogP contribution in [0, 0.1) is 0 Å². The minimum atomic E-state index is -0.150. The number of fused-ring (bicyclic) bond motifs is 1. The molecule has 1 aromatic heterocycles. The molecular weight excluding hydrogens is 468 g/mol. The van der Waals surface area contributed by atoms with Crippen molar-refractivity contribution in [2.24, 2.45) is 0 Å². The molecule has 0 radical (unpaired) electrons. The molecule has 0 unspecified atom stereocenters. The van der Waals surface area contributed by atoms with Gasteiger partial charge in [-0.25, -0.2) is 0 Å². The van der Waals surface area contributed by atoms with Gasteiger partial charge in [-0.2, -0.15) is 0 Å². The predicted octanol–water partition coefficient (Wildman–Crippen LogP) is 6.77. The highest BCUT2D eigenvalue weighted by Crippen LogP contribution is 2.37. The first-order chi connectivity index (χ1) is 14.1. The van der Waals surface area contributed by atoms with E-state index in [1.165, 1.54) is 10.3 Å². The van der Waals surface area contributed by atoms with Gasteiger partial charge in [0.2, 0.25) is 0 Å². The fourth-order valence-electron chi connectivity index (χ4n) is 3.14. The lowest BCUT2D eigenvalue weighted by atomic mass is 10.1. The van der Waals surface area contributed by atoms with Crippen molar-refractivity contribution >= 4 is 56.1 Å². The summed E-state index contributed by atoms with van der Waals surface area (Å²) in [5.41, 5.74) is 3.84. The summed E-state index contributed by atoms with van der Waals surface area (Å²) in [6, 6.07) is 23.6. The van der Waals surface area contributed by atoms with E-state index in [0.717, 1.165) is 27.0 Å². The number of hydrogen-bond acceptors (Lipinski definition) is 2. The van der Waals surface area contributed by atoms with E-state index in [9.17, 15) is 4.79 Å². The topological polar surface area (TPSA) is 44.9 Å². The van der Waals surface area contributed by atoms with Crippen LogP contribution in [0.15, 0.2) is 82.2 Å². The van der Waals surface area contributed by atoms with Crippen LogP contribution >= 0.6 is 39.3 Å². The van der Waals surface area contributed by atoms with Crippen LogP contribution in [-0.4, -0.2) is 23.2 Å². The zero-order valence-corrected chi connectivity index (χ0v) is 18.6. The number of amides is 1. The zero-order chi connectivity index (χ0) is 20.2. The Hall–Kier alpha value is -2.21. The highest BCUT2D eigenvalue weighted by atomic mass is 79.9. The fraction of sp³-hybridized carbons (Fsp3) is 0.0870. The molecule has 0 saturated carbocycles.